The van der Waals surface area contributed by atoms with Crippen molar-refractivity contribution in [2.45, 2.75) is 36.0 Å². The molecular weight excluding hydrogens is 394 g/mol. The molecule has 1 atom stereocenters. The molecule has 4 rings (SSSR count). The Bertz CT molecular complexity index is 1080. The molecule has 0 aliphatic carbocycles. The number of carbonyl (C=O) groups excluding carboxylic acids is 2. The Morgan fingerprint density at radius 2 is 1.43 bits per heavy atom. The molecule has 0 unspecified atom stereocenters. The summed E-state index contributed by atoms with van der Waals surface area (Å²) >= 11 is 1.44. The Morgan fingerprint density at radius 1 is 0.867 bits per heavy atom. The minimum absolute atomic E-state index is 0.321. The first kappa shape index (κ1) is 20.2. The number of ether oxygens (including phenoxy) is 1. The third kappa shape index (κ3) is 3.50. The van der Waals surface area contributed by atoms with Crippen LogP contribution in [0.4, 0.5) is 10.5 Å². The van der Waals surface area contributed by atoms with Gasteiger partial charge >= 0.3 is 6.09 Å². The second kappa shape index (κ2) is 7.65. The number of para-hydroxylation sites is 1. The average molecular weight is 418 g/mol. The quantitative estimate of drug-likeness (QED) is 0.524. The molecule has 0 bridgehead atoms. The highest BCUT2D eigenvalue weighted by Crippen LogP contribution is 2.55. The van der Waals surface area contributed by atoms with E-state index in [9.17, 15) is 9.59 Å². The summed E-state index contributed by atoms with van der Waals surface area (Å²) in [6.45, 7) is 5.38. The van der Waals surface area contributed by atoms with E-state index in [1.807, 2.05) is 78.9 Å². The van der Waals surface area contributed by atoms with Crippen LogP contribution >= 0.6 is 11.8 Å². The molecule has 3 aromatic rings. The Balaban J connectivity index is 1.92. The van der Waals surface area contributed by atoms with Crippen LogP contribution in [0.2, 0.25) is 0 Å². The van der Waals surface area contributed by atoms with Crippen LogP contribution in [-0.4, -0.2) is 17.6 Å². The average Bonchev–Trinajstić information content (AvgIpc) is 2.97. The number of anilines is 1. The molecule has 0 saturated heterocycles. The van der Waals surface area contributed by atoms with Crippen LogP contribution in [0.5, 0.6) is 0 Å². The first-order chi connectivity index (χ1) is 14.3. The fourth-order valence-corrected chi connectivity index (χ4v) is 4.97. The van der Waals surface area contributed by atoms with Gasteiger partial charge in [0.25, 0.3) is 5.91 Å². The number of thioether (sulfide) groups is 1. The predicted octanol–water partition coefficient (Wildman–Crippen LogP) is 6.00. The predicted molar refractivity (Wildman–Crippen MR) is 120 cm³/mol. The summed E-state index contributed by atoms with van der Waals surface area (Å²) in [5, 5.41) is 0. The number of imide groups is 1. The van der Waals surface area contributed by atoms with Crippen molar-refractivity contribution >= 4 is 29.4 Å². The number of fused-ring (bicyclic) bond motifs is 1. The van der Waals surface area contributed by atoms with Crippen molar-refractivity contribution in [1.82, 2.24) is 0 Å². The van der Waals surface area contributed by atoms with Crippen LogP contribution in [-0.2, 0) is 14.3 Å². The topological polar surface area (TPSA) is 46.6 Å². The first-order valence-electron chi connectivity index (χ1n) is 9.79. The maximum Gasteiger partial charge on any atom is 0.421 e. The zero-order chi connectivity index (χ0) is 21.4. The van der Waals surface area contributed by atoms with E-state index in [1.54, 1.807) is 26.8 Å². The van der Waals surface area contributed by atoms with E-state index in [-0.39, 0.29) is 5.91 Å². The largest absolute Gasteiger partial charge is 0.443 e. The number of benzene rings is 3. The van der Waals surface area contributed by atoms with Crippen molar-refractivity contribution in [3.8, 4) is 0 Å². The minimum atomic E-state index is -1.09. The Morgan fingerprint density at radius 3 is 2.07 bits per heavy atom. The summed E-state index contributed by atoms with van der Waals surface area (Å²) in [5.74, 6) is -0.321. The molecule has 1 heterocycles. The standard InChI is InChI=1S/C25H23NO3S/c1-24(2,3)29-23(28)26-21-17-11-10-16-20(21)25(22(26)27,18-12-6-4-7-13-18)30-19-14-8-5-9-15-19/h4-17H,1-3H3/t25-/m1/s1. The molecule has 30 heavy (non-hydrogen) atoms. The molecule has 5 heteroatoms. The van der Waals surface area contributed by atoms with Gasteiger partial charge in [0.1, 0.15) is 5.60 Å². The Kier molecular flexibility index (Phi) is 5.16. The number of amides is 2. The van der Waals surface area contributed by atoms with Crippen molar-refractivity contribution < 1.29 is 14.3 Å². The summed E-state index contributed by atoms with van der Waals surface area (Å²) < 4.78 is 4.50. The number of nitrogens with zero attached hydrogens (tertiary/aromatic N) is 1. The summed E-state index contributed by atoms with van der Waals surface area (Å²) in [5.41, 5.74) is 1.45. The van der Waals surface area contributed by atoms with Gasteiger partial charge in [-0.2, -0.15) is 0 Å². The van der Waals surface area contributed by atoms with E-state index in [0.717, 1.165) is 16.0 Å². The molecule has 152 valence electrons. The summed E-state index contributed by atoms with van der Waals surface area (Å²) in [4.78, 5) is 29.2. The van der Waals surface area contributed by atoms with E-state index in [4.69, 9.17) is 4.74 Å². The molecule has 0 N–H and O–H groups in total. The van der Waals surface area contributed by atoms with Gasteiger partial charge in [0.05, 0.1) is 5.69 Å². The van der Waals surface area contributed by atoms with Crippen LogP contribution in [0.15, 0.2) is 89.8 Å². The first-order valence-corrected chi connectivity index (χ1v) is 10.6. The smallest absolute Gasteiger partial charge is 0.421 e. The van der Waals surface area contributed by atoms with E-state index in [2.05, 4.69) is 0 Å². The molecule has 4 nitrogen and oxygen atoms in total. The monoisotopic (exact) mass is 417 g/mol. The summed E-state index contributed by atoms with van der Waals surface area (Å²) in [6.07, 6.45) is -0.661. The lowest BCUT2D eigenvalue weighted by atomic mass is 9.91. The van der Waals surface area contributed by atoms with Gasteiger partial charge in [-0.1, -0.05) is 78.5 Å². The highest BCUT2D eigenvalue weighted by molar-refractivity contribution is 8.01. The lowest BCUT2D eigenvalue weighted by molar-refractivity contribution is -0.119. The van der Waals surface area contributed by atoms with Crippen molar-refractivity contribution in [2.75, 3.05) is 4.90 Å². The maximum absolute atomic E-state index is 14.0. The molecule has 1 aliphatic heterocycles. The molecule has 3 aromatic carbocycles. The van der Waals surface area contributed by atoms with Crippen molar-refractivity contribution in [3.05, 3.63) is 96.1 Å². The number of hydrogen-bond donors (Lipinski definition) is 0. The molecule has 1 aliphatic rings. The van der Waals surface area contributed by atoms with Gasteiger partial charge in [-0.25, -0.2) is 9.69 Å². The molecular formula is C25H23NO3S. The Hall–Kier alpha value is -3.05. The third-order valence-electron chi connectivity index (χ3n) is 4.80. The van der Waals surface area contributed by atoms with Crippen molar-refractivity contribution in [2.24, 2.45) is 0 Å². The van der Waals surface area contributed by atoms with Crippen LogP contribution in [0.3, 0.4) is 0 Å². The van der Waals surface area contributed by atoms with Crippen molar-refractivity contribution in [1.29, 1.82) is 0 Å². The zero-order valence-electron chi connectivity index (χ0n) is 17.2. The number of carbonyl (C=O) groups is 2. The van der Waals surface area contributed by atoms with E-state index in [0.29, 0.717) is 5.69 Å². The second-order valence-corrected chi connectivity index (χ2v) is 9.39. The van der Waals surface area contributed by atoms with E-state index >= 15 is 0 Å². The molecule has 2 amide bonds. The molecule has 0 aromatic heterocycles. The maximum atomic E-state index is 14.0. The highest BCUT2D eigenvalue weighted by atomic mass is 32.2. The third-order valence-corrected chi connectivity index (χ3v) is 6.24. The van der Waals surface area contributed by atoms with Crippen LogP contribution < -0.4 is 4.90 Å². The van der Waals surface area contributed by atoms with Gasteiger partial charge < -0.3 is 4.74 Å². The Labute approximate surface area is 180 Å². The lowest BCUT2D eigenvalue weighted by Crippen LogP contribution is -2.44. The molecule has 0 fully saturated rings. The normalized spacial score (nSPS) is 18.2. The van der Waals surface area contributed by atoms with Crippen LogP contribution in [0.1, 0.15) is 31.9 Å². The lowest BCUT2D eigenvalue weighted by Gasteiger charge is -2.29. The van der Waals surface area contributed by atoms with E-state index < -0.39 is 16.4 Å². The van der Waals surface area contributed by atoms with Gasteiger partial charge in [0.2, 0.25) is 0 Å². The number of hydrogen-bond acceptors (Lipinski definition) is 4. The fraction of sp³-hybridized carbons (Fsp3) is 0.200. The molecule has 0 radical (unpaired) electrons. The van der Waals surface area contributed by atoms with Gasteiger partial charge in [0.15, 0.2) is 4.75 Å². The van der Waals surface area contributed by atoms with Gasteiger partial charge in [-0.05, 0) is 44.5 Å². The fourth-order valence-electron chi connectivity index (χ4n) is 3.61. The van der Waals surface area contributed by atoms with Gasteiger partial charge in [-0.15, -0.1) is 0 Å². The van der Waals surface area contributed by atoms with Gasteiger partial charge in [0, 0.05) is 10.5 Å². The van der Waals surface area contributed by atoms with Crippen LogP contribution in [0, 0.1) is 0 Å². The zero-order valence-corrected chi connectivity index (χ0v) is 18.0. The van der Waals surface area contributed by atoms with Crippen LogP contribution in [0.25, 0.3) is 0 Å². The number of rotatable bonds is 3. The SMILES string of the molecule is CC(C)(C)OC(=O)N1C(=O)[C@@](Sc2ccccc2)(c2ccccc2)c2ccccc21. The van der Waals surface area contributed by atoms with Crippen molar-refractivity contribution in [3.63, 3.8) is 0 Å². The molecule has 0 saturated carbocycles. The van der Waals surface area contributed by atoms with Gasteiger partial charge in [-0.3, -0.25) is 4.79 Å². The molecule has 0 spiro atoms. The highest BCUT2D eigenvalue weighted by Gasteiger charge is 2.55. The minimum Gasteiger partial charge on any atom is -0.443 e. The second-order valence-electron chi connectivity index (χ2n) is 8.10. The summed E-state index contributed by atoms with van der Waals surface area (Å²) in [6, 6.07) is 26.8. The summed E-state index contributed by atoms with van der Waals surface area (Å²) in [7, 11) is 0. The van der Waals surface area contributed by atoms with E-state index in [1.165, 1.54) is 16.7 Å².